The minimum Gasteiger partial charge on any atom is -0.425 e. The van der Waals surface area contributed by atoms with E-state index >= 15 is 0 Å². The molecule has 4 heteroatoms. The van der Waals surface area contributed by atoms with E-state index in [1.165, 1.54) is 6.08 Å². The lowest BCUT2D eigenvalue weighted by Crippen LogP contribution is -2.07. The van der Waals surface area contributed by atoms with Crippen molar-refractivity contribution >= 4 is 37.8 Å². The summed E-state index contributed by atoms with van der Waals surface area (Å²) in [6, 6.07) is 0. The van der Waals surface area contributed by atoms with Crippen LogP contribution in [0.15, 0.2) is 22.9 Å². The highest BCUT2D eigenvalue weighted by atomic mass is 79.9. The van der Waals surface area contributed by atoms with Gasteiger partial charge in [-0.2, -0.15) is 0 Å². The first-order valence-electron chi connectivity index (χ1n) is 2.54. The third kappa shape index (κ3) is 1.18. The van der Waals surface area contributed by atoms with Crippen LogP contribution in [0, 0.1) is 0 Å². The van der Waals surface area contributed by atoms with Crippen LogP contribution in [0.1, 0.15) is 0 Å². The number of esters is 1. The molecule has 0 aromatic rings. The molecule has 0 amide bonds. The van der Waals surface area contributed by atoms with E-state index in [-0.39, 0.29) is 10.8 Å². The zero-order valence-electron chi connectivity index (χ0n) is 4.93. The number of rotatable bonds is 1. The second-order valence-corrected chi connectivity index (χ2v) is 3.47. The maximum atomic E-state index is 10.8. The molecule has 0 aromatic heterocycles. The SMILES string of the molecule is C=CC1=C(Br)C(Br)C(=O)O1. The van der Waals surface area contributed by atoms with Gasteiger partial charge in [-0.3, -0.25) is 4.79 Å². The van der Waals surface area contributed by atoms with E-state index in [2.05, 4.69) is 38.4 Å². The first kappa shape index (κ1) is 8.01. The van der Waals surface area contributed by atoms with E-state index < -0.39 is 0 Å². The van der Waals surface area contributed by atoms with E-state index in [1.807, 2.05) is 0 Å². The van der Waals surface area contributed by atoms with Crippen LogP contribution in [0.5, 0.6) is 0 Å². The molecule has 1 atom stereocenters. The quantitative estimate of drug-likeness (QED) is 0.537. The molecule has 0 aromatic carbocycles. The summed E-state index contributed by atoms with van der Waals surface area (Å²) >= 11 is 6.31. The summed E-state index contributed by atoms with van der Waals surface area (Å²) < 4.78 is 5.47. The van der Waals surface area contributed by atoms with Gasteiger partial charge in [-0.1, -0.05) is 22.5 Å². The summed E-state index contributed by atoms with van der Waals surface area (Å²) in [5, 5.41) is 0. The van der Waals surface area contributed by atoms with Gasteiger partial charge in [0.05, 0.1) is 4.48 Å². The molecule has 0 bridgehead atoms. The first-order valence-corrected chi connectivity index (χ1v) is 4.25. The van der Waals surface area contributed by atoms with E-state index in [4.69, 9.17) is 4.74 Å². The summed E-state index contributed by atoms with van der Waals surface area (Å²) in [5.74, 6) is 0.189. The average molecular weight is 268 g/mol. The highest BCUT2D eigenvalue weighted by molar-refractivity contribution is 9.14. The molecular weight excluding hydrogens is 264 g/mol. The summed E-state index contributed by atoms with van der Waals surface area (Å²) in [7, 11) is 0. The van der Waals surface area contributed by atoms with Gasteiger partial charge in [0.1, 0.15) is 10.6 Å². The van der Waals surface area contributed by atoms with Gasteiger partial charge in [-0.05, 0) is 22.0 Å². The summed E-state index contributed by atoms with van der Waals surface area (Å²) in [6.45, 7) is 3.48. The topological polar surface area (TPSA) is 26.3 Å². The molecule has 0 aliphatic carbocycles. The van der Waals surface area contributed by atoms with Crippen molar-refractivity contribution in [2.24, 2.45) is 0 Å². The number of hydrogen-bond acceptors (Lipinski definition) is 2. The first-order chi connectivity index (χ1) is 4.66. The Hall–Kier alpha value is -0.0900. The standard InChI is InChI=1S/C6H4Br2O2/c1-2-3-4(7)5(8)6(9)10-3/h2,5H,1H2. The highest BCUT2D eigenvalue weighted by Crippen LogP contribution is 2.31. The molecule has 1 unspecified atom stereocenters. The molecule has 1 aliphatic rings. The third-order valence-electron chi connectivity index (χ3n) is 1.06. The van der Waals surface area contributed by atoms with E-state index in [1.54, 1.807) is 0 Å². The van der Waals surface area contributed by atoms with E-state index in [0.29, 0.717) is 10.2 Å². The lowest BCUT2D eigenvalue weighted by atomic mass is 10.4. The lowest BCUT2D eigenvalue weighted by molar-refractivity contribution is -0.135. The van der Waals surface area contributed by atoms with Crippen molar-refractivity contribution in [1.82, 2.24) is 0 Å². The van der Waals surface area contributed by atoms with Crippen LogP contribution in [0.4, 0.5) is 0 Å². The van der Waals surface area contributed by atoms with E-state index in [0.717, 1.165) is 0 Å². The Morgan fingerprint density at radius 3 is 2.50 bits per heavy atom. The minimum absolute atomic E-state index is 0.304. The molecule has 54 valence electrons. The summed E-state index contributed by atoms with van der Waals surface area (Å²) in [6.07, 6.45) is 1.49. The van der Waals surface area contributed by atoms with Crippen LogP contribution < -0.4 is 0 Å². The van der Waals surface area contributed by atoms with Gasteiger partial charge in [-0.25, -0.2) is 0 Å². The molecule has 0 saturated carbocycles. The number of cyclic esters (lactones) is 1. The Morgan fingerprint density at radius 1 is 1.70 bits per heavy atom. The van der Waals surface area contributed by atoms with Gasteiger partial charge < -0.3 is 4.74 Å². The van der Waals surface area contributed by atoms with Gasteiger partial charge >= 0.3 is 5.97 Å². The Labute approximate surface area is 75.2 Å². The average Bonchev–Trinajstić information content (AvgIpc) is 2.17. The molecule has 0 fully saturated rings. The van der Waals surface area contributed by atoms with Gasteiger partial charge in [0.15, 0.2) is 0 Å². The third-order valence-corrected chi connectivity index (χ3v) is 3.36. The van der Waals surface area contributed by atoms with Crippen LogP contribution in [0.25, 0.3) is 0 Å². The second kappa shape index (κ2) is 2.88. The van der Waals surface area contributed by atoms with Crippen LogP contribution >= 0.6 is 31.9 Å². The van der Waals surface area contributed by atoms with Crippen molar-refractivity contribution in [2.75, 3.05) is 0 Å². The van der Waals surface area contributed by atoms with Gasteiger partial charge in [0.2, 0.25) is 0 Å². The number of allylic oxidation sites excluding steroid dienone is 1. The Morgan fingerprint density at radius 2 is 2.30 bits per heavy atom. The monoisotopic (exact) mass is 266 g/mol. The van der Waals surface area contributed by atoms with Crippen LogP contribution in [-0.2, 0) is 9.53 Å². The summed E-state index contributed by atoms with van der Waals surface area (Å²) in [4.78, 5) is 10.4. The molecule has 1 rings (SSSR count). The molecule has 1 heterocycles. The minimum atomic E-state index is -0.361. The molecule has 10 heavy (non-hydrogen) atoms. The zero-order valence-corrected chi connectivity index (χ0v) is 8.11. The maximum Gasteiger partial charge on any atom is 0.330 e. The van der Waals surface area contributed by atoms with Crippen LogP contribution in [0.3, 0.4) is 0 Å². The normalized spacial score (nSPS) is 25.0. The molecule has 1 aliphatic heterocycles. The number of hydrogen-bond donors (Lipinski definition) is 0. The molecule has 2 nitrogen and oxygen atoms in total. The van der Waals surface area contributed by atoms with Crippen molar-refractivity contribution in [3.63, 3.8) is 0 Å². The largest absolute Gasteiger partial charge is 0.425 e. The fraction of sp³-hybridized carbons (Fsp3) is 0.167. The number of carbonyl (C=O) groups is 1. The van der Waals surface area contributed by atoms with Crippen molar-refractivity contribution < 1.29 is 9.53 Å². The van der Waals surface area contributed by atoms with Crippen molar-refractivity contribution in [3.8, 4) is 0 Å². The van der Waals surface area contributed by atoms with Crippen molar-refractivity contribution in [1.29, 1.82) is 0 Å². The molecule has 0 spiro atoms. The predicted molar refractivity (Wildman–Crippen MR) is 45.0 cm³/mol. The zero-order chi connectivity index (χ0) is 7.72. The second-order valence-electron chi connectivity index (χ2n) is 1.70. The van der Waals surface area contributed by atoms with E-state index in [9.17, 15) is 4.79 Å². The smallest absolute Gasteiger partial charge is 0.330 e. The van der Waals surface area contributed by atoms with Crippen LogP contribution in [0.2, 0.25) is 0 Å². The lowest BCUT2D eigenvalue weighted by Gasteiger charge is -1.91. The number of carbonyl (C=O) groups excluding carboxylic acids is 1. The fourth-order valence-electron chi connectivity index (χ4n) is 0.576. The Balaban J connectivity index is 2.93. The number of alkyl halides is 1. The predicted octanol–water partition coefficient (Wildman–Crippen LogP) is 2.10. The van der Waals surface area contributed by atoms with Crippen LogP contribution in [-0.4, -0.2) is 10.8 Å². The molecule has 0 N–H and O–H groups in total. The Bertz CT molecular complexity index is 220. The van der Waals surface area contributed by atoms with Gasteiger partial charge in [0, 0.05) is 0 Å². The number of halogens is 2. The Kier molecular flexibility index (Phi) is 2.31. The van der Waals surface area contributed by atoms with Gasteiger partial charge in [0.25, 0.3) is 0 Å². The molecule has 0 saturated heterocycles. The molecular formula is C6H4Br2O2. The molecule has 0 radical (unpaired) electrons. The number of ether oxygens (including phenoxy) is 1. The highest BCUT2D eigenvalue weighted by Gasteiger charge is 2.30. The van der Waals surface area contributed by atoms with Crippen molar-refractivity contribution in [2.45, 2.75) is 4.83 Å². The van der Waals surface area contributed by atoms with Crippen molar-refractivity contribution in [3.05, 3.63) is 22.9 Å². The maximum absolute atomic E-state index is 10.8. The van der Waals surface area contributed by atoms with Gasteiger partial charge in [-0.15, -0.1) is 0 Å². The fourth-order valence-corrected chi connectivity index (χ4v) is 1.33. The summed E-state index contributed by atoms with van der Waals surface area (Å²) in [5.41, 5.74) is 0.